The van der Waals surface area contributed by atoms with Crippen molar-refractivity contribution in [1.82, 2.24) is 9.13 Å². The van der Waals surface area contributed by atoms with E-state index in [1.807, 2.05) is 67.6 Å². The first-order valence-electron chi connectivity index (χ1n) is 9.97. The third-order valence-corrected chi connectivity index (χ3v) is 6.68. The second-order valence-electron chi connectivity index (χ2n) is 7.22. The molecule has 6 heteroatoms. The van der Waals surface area contributed by atoms with Gasteiger partial charge in [0.2, 0.25) is 0 Å². The summed E-state index contributed by atoms with van der Waals surface area (Å²) >= 11 is 1.50. The molecule has 0 N–H and O–H groups in total. The molecule has 154 valence electrons. The van der Waals surface area contributed by atoms with E-state index in [-0.39, 0.29) is 11.2 Å². The maximum atomic E-state index is 13.4. The molecular formula is C24H24N2O3S. The van der Waals surface area contributed by atoms with E-state index in [4.69, 9.17) is 4.74 Å². The molecule has 0 bridgehead atoms. The molecule has 0 atom stereocenters. The first kappa shape index (κ1) is 20.3. The summed E-state index contributed by atoms with van der Waals surface area (Å²) in [6.45, 7) is 3.13. The third kappa shape index (κ3) is 3.76. The molecule has 4 aromatic rings. The first-order chi connectivity index (χ1) is 14.6. The molecule has 0 radical (unpaired) electrons. The van der Waals surface area contributed by atoms with Crippen LogP contribution in [0.5, 0.6) is 0 Å². The largest absolute Gasteiger partial charge is 0.383 e. The van der Waals surface area contributed by atoms with Gasteiger partial charge < -0.3 is 4.74 Å². The van der Waals surface area contributed by atoms with Crippen LogP contribution in [0.3, 0.4) is 0 Å². The average Bonchev–Trinajstić information content (AvgIpc) is 3.12. The Morgan fingerprint density at radius 1 is 0.900 bits per heavy atom. The highest BCUT2D eigenvalue weighted by Crippen LogP contribution is 2.36. The predicted octanol–water partition coefficient (Wildman–Crippen LogP) is 4.09. The Hall–Kier alpha value is -2.96. The van der Waals surface area contributed by atoms with Gasteiger partial charge in [0.05, 0.1) is 18.5 Å². The van der Waals surface area contributed by atoms with Crippen LogP contribution in [0.15, 0.2) is 70.3 Å². The fourth-order valence-corrected chi connectivity index (χ4v) is 5.05. The molecule has 0 saturated carbocycles. The summed E-state index contributed by atoms with van der Waals surface area (Å²) in [6.07, 6.45) is 0.625. The van der Waals surface area contributed by atoms with Crippen LogP contribution < -0.4 is 11.2 Å². The average molecular weight is 421 g/mol. The normalized spacial score (nSPS) is 11.3. The Kier molecular flexibility index (Phi) is 5.97. The Morgan fingerprint density at radius 2 is 1.57 bits per heavy atom. The fraction of sp³-hybridized carbons (Fsp3) is 0.250. The van der Waals surface area contributed by atoms with Crippen LogP contribution in [0, 0.1) is 6.92 Å². The zero-order chi connectivity index (χ0) is 21.1. The van der Waals surface area contributed by atoms with Gasteiger partial charge in [0.25, 0.3) is 5.56 Å². The standard InChI is InChI=1S/C24H24N2O3S/c1-17-20-22(27)25(14-13-18-9-5-3-6-10-18)24(28)26(15-16-29-2)23(20)30-21(17)19-11-7-4-8-12-19/h3-12H,13-16H2,1-2H3. The van der Waals surface area contributed by atoms with E-state index in [0.29, 0.717) is 31.5 Å². The second-order valence-corrected chi connectivity index (χ2v) is 8.22. The van der Waals surface area contributed by atoms with Crippen LogP contribution >= 0.6 is 11.3 Å². The number of hydrogen-bond donors (Lipinski definition) is 0. The van der Waals surface area contributed by atoms with E-state index in [9.17, 15) is 9.59 Å². The van der Waals surface area contributed by atoms with E-state index in [1.165, 1.54) is 15.9 Å². The van der Waals surface area contributed by atoms with Gasteiger partial charge in [-0.15, -0.1) is 11.3 Å². The Morgan fingerprint density at radius 3 is 2.23 bits per heavy atom. The molecular weight excluding hydrogens is 396 g/mol. The minimum atomic E-state index is -0.277. The number of thiophene rings is 1. The molecule has 2 aromatic carbocycles. The van der Waals surface area contributed by atoms with Crippen molar-refractivity contribution in [3.8, 4) is 10.4 Å². The Balaban J connectivity index is 1.89. The number of fused-ring (bicyclic) bond motifs is 1. The number of benzene rings is 2. The number of nitrogens with zero attached hydrogens (tertiary/aromatic N) is 2. The van der Waals surface area contributed by atoms with Crippen molar-refractivity contribution in [1.29, 1.82) is 0 Å². The molecule has 0 aliphatic carbocycles. The van der Waals surface area contributed by atoms with Gasteiger partial charge in [-0.3, -0.25) is 13.9 Å². The van der Waals surface area contributed by atoms with Crippen LogP contribution in [0.4, 0.5) is 0 Å². The Bertz CT molecular complexity index is 1270. The van der Waals surface area contributed by atoms with Crippen molar-refractivity contribution < 1.29 is 4.74 Å². The van der Waals surface area contributed by atoms with Crippen LogP contribution in [-0.4, -0.2) is 22.9 Å². The maximum absolute atomic E-state index is 13.4. The monoisotopic (exact) mass is 420 g/mol. The summed E-state index contributed by atoms with van der Waals surface area (Å²) in [6, 6.07) is 19.9. The summed E-state index contributed by atoms with van der Waals surface area (Å²) in [4.78, 5) is 28.4. The summed E-state index contributed by atoms with van der Waals surface area (Å²) in [7, 11) is 1.61. The lowest BCUT2D eigenvalue weighted by atomic mass is 10.1. The molecule has 0 amide bonds. The van der Waals surface area contributed by atoms with Gasteiger partial charge in [0.1, 0.15) is 4.83 Å². The zero-order valence-corrected chi connectivity index (χ0v) is 17.9. The second kappa shape index (κ2) is 8.81. The zero-order valence-electron chi connectivity index (χ0n) is 17.1. The van der Waals surface area contributed by atoms with Gasteiger partial charge in [-0.05, 0) is 30.0 Å². The van der Waals surface area contributed by atoms with E-state index in [2.05, 4.69) is 0 Å². The number of hydrogen-bond acceptors (Lipinski definition) is 4. The minimum Gasteiger partial charge on any atom is -0.383 e. The van der Waals surface area contributed by atoms with Gasteiger partial charge in [-0.1, -0.05) is 60.7 Å². The molecule has 0 aliphatic rings. The lowest BCUT2D eigenvalue weighted by Crippen LogP contribution is -2.40. The lowest BCUT2D eigenvalue weighted by molar-refractivity contribution is 0.186. The molecule has 0 aliphatic heterocycles. The van der Waals surface area contributed by atoms with E-state index < -0.39 is 0 Å². The highest BCUT2D eigenvalue weighted by molar-refractivity contribution is 7.22. The Labute approximate surface area is 178 Å². The SMILES string of the molecule is COCCn1c(=O)n(CCc2ccccc2)c(=O)c2c(C)c(-c3ccccc3)sc21. The molecule has 5 nitrogen and oxygen atoms in total. The summed E-state index contributed by atoms with van der Waals surface area (Å²) in [5, 5.41) is 0.627. The van der Waals surface area contributed by atoms with Gasteiger partial charge >= 0.3 is 5.69 Å². The van der Waals surface area contributed by atoms with Crippen molar-refractivity contribution in [2.45, 2.75) is 26.4 Å². The highest BCUT2D eigenvalue weighted by atomic mass is 32.1. The van der Waals surface area contributed by atoms with Gasteiger partial charge in [-0.25, -0.2) is 4.79 Å². The number of methoxy groups -OCH3 is 1. The smallest absolute Gasteiger partial charge is 0.332 e. The summed E-state index contributed by atoms with van der Waals surface area (Å²) in [5.74, 6) is 0. The number of aryl methyl sites for hydroxylation is 2. The molecule has 4 rings (SSSR count). The van der Waals surface area contributed by atoms with E-state index in [1.54, 1.807) is 11.7 Å². The predicted molar refractivity (Wildman–Crippen MR) is 123 cm³/mol. The highest BCUT2D eigenvalue weighted by Gasteiger charge is 2.20. The molecule has 0 saturated heterocycles. The van der Waals surface area contributed by atoms with Crippen molar-refractivity contribution in [3.63, 3.8) is 0 Å². The van der Waals surface area contributed by atoms with Crippen molar-refractivity contribution in [3.05, 3.63) is 92.6 Å². The van der Waals surface area contributed by atoms with Gasteiger partial charge in [0, 0.05) is 18.5 Å². The first-order valence-corrected chi connectivity index (χ1v) is 10.8. The third-order valence-electron chi connectivity index (χ3n) is 5.32. The van der Waals surface area contributed by atoms with E-state index >= 15 is 0 Å². The van der Waals surface area contributed by atoms with Crippen LogP contribution in [-0.2, 0) is 24.2 Å². The molecule has 0 spiro atoms. The molecule has 2 aromatic heterocycles. The minimum absolute atomic E-state index is 0.212. The molecule has 0 fully saturated rings. The molecule has 30 heavy (non-hydrogen) atoms. The number of rotatable bonds is 7. The lowest BCUT2D eigenvalue weighted by Gasteiger charge is -2.12. The maximum Gasteiger partial charge on any atom is 0.332 e. The quantitative estimate of drug-likeness (QED) is 0.453. The van der Waals surface area contributed by atoms with Gasteiger partial charge in [-0.2, -0.15) is 0 Å². The van der Waals surface area contributed by atoms with Crippen LogP contribution in [0.1, 0.15) is 11.1 Å². The summed E-state index contributed by atoms with van der Waals surface area (Å²) in [5.41, 5.74) is 2.58. The summed E-state index contributed by atoms with van der Waals surface area (Å²) < 4.78 is 8.29. The van der Waals surface area contributed by atoms with Crippen LogP contribution in [0.25, 0.3) is 20.7 Å². The fourth-order valence-electron chi connectivity index (χ4n) is 3.72. The molecule has 2 heterocycles. The van der Waals surface area contributed by atoms with Crippen LogP contribution in [0.2, 0.25) is 0 Å². The topological polar surface area (TPSA) is 53.2 Å². The molecule has 0 unspecified atom stereocenters. The van der Waals surface area contributed by atoms with E-state index in [0.717, 1.165) is 26.4 Å². The van der Waals surface area contributed by atoms with Crippen molar-refractivity contribution >= 4 is 21.6 Å². The number of aromatic nitrogens is 2. The number of ether oxygens (including phenoxy) is 1. The van der Waals surface area contributed by atoms with Crippen molar-refractivity contribution in [2.75, 3.05) is 13.7 Å². The van der Waals surface area contributed by atoms with Crippen molar-refractivity contribution in [2.24, 2.45) is 0 Å². The van der Waals surface area contributed by atoms with Gasteiger partial charge in [0.15, 0.2) is 0 Å².